The fraction of sp³-hybridized carbons (Fsp3) is 0.667. The second-order valence-corrected chi connectivity index (χ2v) is 8.29. The number of ether oxygens (including phenoxy) is 1. The first-order chi connectivity index (χ1) is 12.6. The molecule has 0 aromatic heterocycles. The van der Waals surface area contributed by atoms with E-state index in [1.54, 1.807) is 12.1 Å². The molecule has 3 heterocycles. The molecule has 0 saturated carbocycles. The van der Waals surface area contributed by atoms with E-state index in [4.69, 9.17) is 4.74 Å². The van der Waals surface area contributed by atoms with Gasteiger partial charge in [0.25, 0.3) is 0 Å². The Kier molecular flexibility index (Phi) is 4.78. The number of halogens is 1. The van der Waals surface area contributed by atoms with E-state index in [0.717, 1.165) is 37.7 Å². The zero-order valence-corrected chi connectivity index (χ0v) is 15.5. The number of nitrogens with one attached hydrogen (secondary N) is 2. The SMILES string of the molecule is CC[C@@]1(C(=O)NCC2(c3cccc(F)c3)CCOCC2)C[C@@H]2CC[C@H]1N2. The van der Waals surface area contributed by atoms with Crippen LogP contribution in [0.25, 0.3) is 0 Å². The molecule has 1 amide bonds. The molecule has 2 N–H and O–H groups in total. The monoisotopic (exact) mass is 360 g/mol. The van der Waals surface area contributed by atoms with Crippen LogP contribution in [-0.2, 0) is 14.9 Å². The normalized spacial score (nSPS) is 32.5. The third-order valence-corrected chi connectivity index (χ3v) is 7.08. The molecule has 0 unspecified atom stereocenters. The van der Waals surface area contributed by atoms with E-state index in [-0.39, 0.29) is 22.6 Å². The van der Waals surface area contributed by atoms with Crippen molar-refractivity contribution in [1.29, 1.82) is 0 Å². The maximum Gasteiger partial charge on any atom is 0.227 e. The molecule has 0 spiro atoms. The molecule has 5 heteroatoms. The van der Waals surface area contributed by atoms with Gasteiger partial charge >= 0.3 is 0 Å². The third-order valence-electron chi connectivity index (χ3n) is 7.08. The Labute approximate surface area is 154 Å². The zero-order chi connectivity index (χ0) is 18.2. The highest BCUT2D eigenvalue weighted by atomic mass is 19.1. The Hall–Kier alpha value is -1.46. The highest BCUT2D eigenvalue weighted by molar-refractivity contribution is 5.84. The summed E-state index contributed by atoms with van der Waals surface area (Å²) >= 11 is 0. The standard InChI is InChI=1S/C21H29FN2O2/c1-2-21(13-17-6-7-18(21)24-17)19(25)23-14-20(8-10-26-11-9-20)15-4-3-5-16(22)12-15/h3-5,12,17-18,24H,2,6-11,13-14H2,1H3,(H,23,25)/t17-,18+,21+/m0/s1. The predicted molar refractivity (Wildman–Crippen MR) is 98.4 cm³/mol. The topological polar surface area (TPSA) is 50.4 Å². The van der Waals surface area contributed by atoms with Crippen LogP contribution in [0, 0.1) is 11.2 Å². The van der Waals surface area contributed by atoms with Crippen LogP contribution in [0.5, 0.6) is 0 Å². The van der Waals surface area contributed by atoms with Crippen LogP contribution in [0.2, 0.25) is 0 Å². The number of benzene rings is 1. The van der Waals surface area contributed by atoms with Crippen LogP contribution in [-0.4, -0.2) is 37.7 Å². The average molecular weight is 360 g/mol. The third kappa shape index (κ3) is 2.95. The van der Waals surface area contributed by atoms with E-state index in [1.165, 1.54) is 12.5 Å². The summed E-state index contributed by atoms with van der Waals surface area (Å²) in [7, 11) is 0. The molecule has 3 saturated heterocycles. The molecule has 0 radical (unpaired) electrons. The number of hydrogen-bond acceptors (Lipinski definition) is 3. The van der Waals surface area contributed by atoms with Crippen molar-refractivity contribution in [2.45, 2.75) is 62.9 Å². The number of carbonyl (C=O) groups excluding carboxylic acids is 1. The molecule has 0 aliphatic carbocycles. The van der Waals surface area contributed by atoms with Crippen LogP contribution in [0.3, 0.4) is 0 Å². The van der Waals surface area contributed by atoms with Gasteiger partial charge in [-0.25, -0.2) is 4.39 Å². The van der Waals surface area contributed by atoms with Crippen LogP contribution >= 0.6 is 0 Å². The molecule has 26 heavy (non-hydrogen) atoms. The largest absolute Gasteiger partial charge is 0.381 e. The number of fused-ring (bicyclic) bond motifs is 2. The molecule has 3 aliphatic heterocycles. The molecular weight excluding hydrogens is 331 g/mol. The quantitative estimate of drug-likeness (QED) is 0.849. The summed E-state index contributed by atoms with van der Waals surface area (Å²) in [6.07, 6.45) is 5.69. The Balaban J connectivity index is 1.52. The summed E-state index contributed by atoms with van der Waals surface area (Å²) in [4.78, 5) is 13.2. The van der Waals surface area contributed by atoms with Crippen LogP contribution in [0.4, 0.5) is 4.39 Å². The molecule has 4 rings (SSSR count). The van der Waals surface area contributed by atoms with Crippen LogP contribution in [0.15, 0.2) is 24.3 Å². The summed E-state index contributed by atoms with van der Waals surface area (Å²) < 4.78 is 19.4. The molecule has 3 aliphatic rings. The molecule has 4 nitrogen and oxygen atoms in total. The van der Waals surface area contributed by atoms with Gasteiger partial charge < -0.3 is 15.4 Å². The first-order valence-corrected chi connectivity index (χ1v) is 9.96. The molecule has 3 fully saturated rings. The second kappa shape index (κ2) is 6.93. The van der Waals surface area contributed by atoms with E-state index < -0.39 is 0 Å². The van der Waals surface area contributed by atoms with E-state index in [2.05, 4.69) is 17.6 Å². The van der Waals surface area contributed by atoms with Gasteiger partial charge in [0.1, 0.15) is 5.82 Å². The van der Waals surface area contributed by atoms with Crippen LogP contribution in [0.1, 0.15) is 51.0 Å². The Morgan fingerprint density at radius 1 is 1.35 bits per heavy atom. The number of amides is 1. The first-order valence-electron chi connectivity index (χ1n) is 9.96. The summed E-state index contributed by atoms with van der Waals surface area (Å²) in [5, 5.41) is 6.88. The van der Waals surface area contributed by atoms with Gasteiger partial charge in [0.2, 0.25) is 5.91 Å². The number of rotatable bonds is 5. The maximum atomic E-state index is 13.8. The summed E-state index contributed by atoms with van der Waals surface area (Å²) in [6.45, 7) is 3.98. The van der Waals surface area contributed by atoms with E-state index in [1.807, 2.05) is 6.07 Å². The van der Waals surface area contributed by atoms with Crippen molar-refractivity contribution in [2.24, 2.45) is 5.41 Å². The van der Waals surface area contributed by atoms with Crippen molar-refractivity contribution in [3.8, 4) is 0 Å². The van der Waals surface area contributed by atoms with E-state index >= 15 is 0 Å². The van der Waals surface area contributed by atoms with Crippen molar-refractivity contribution in [2.75, 3.05) is 19.8 Å². The van der Waals surface area contributed by atoms with Crippen LogP contribution < -0.4 is 10.6 Å². The summed E-state index contributed by atoms with van der Waals surface area (Å²) in [5.74, 6) is -0.0519. The Morgan fingerprint density at radius 2 is 2.15 bits per heavy atom. The highest BCUT2D eigenvalue weighted by Gasteiger charge is 2.54. The maximum absolute atomic E-state index is 13.8. The van der Waals surface area contributed by atoms with Gasteiger partial charge in [-0.05, 0) is 56.2 Å². The highest BCUT2D eigenvalue weighted by Crippen LogP contribution is 2.46. The molecular formula is C21H29FN2O2. The lowest BCUT2D eigenvalue weighted by atomic mass is 9.70. The van der Waals surface area contributed by atoms with Gasteiger partial charge in [0.15, 0.2) is 0 Å². The fourth-order valence-electron chi connectivity index (χ4n) is 5.37. The minimum absolute atomic E-state index is 0.168. The minimum Gasteiger partial charge on any atom is -0.381 e. The lowest BCUT2D eigenvalue weighted by Crippen LogP contribution is -2.52. The van der Waals surface area contributed by atoms with E-state index in [9.17, 15) is 9.18 Å². The summed E-state index contributed by atoms with van der Waals surface area (Å²) in [6, 6.07) is 7.63. The molecule has 3 atom stereocenters. The van der Waals surface area contributed by atoms with Gasteiger partial charge in [-0.2, -0.15) is 0 Å². The molecule has 142 valence electrons. The smallest absolute Gasteiger partial charge is 0.227 e. The lowest BCUT2D eigenvalue weighted by molar-refractivity contribution is -0.133. The number of hydrogen-bond donors (Lipinski definition) is 2. The number of carbonyl (C=O) groups is 1. The van der Waals surface area contributed by atoms with Crippen molar-refractivity contribution in [1.82, 2.24) is 10.6 Å². The van der Waals surface area contributed by atoms with Gasteiger partial charge in [-0.1, -0.05) is 19.1 Å². The minimum atomic E-state index is -0.281. The van der Waals surface area contributed by atoms with Gasteiger partial charge in [-0.3, -0.25) is 4.79 Å². The lowest BCUT2D eigenvalue weighted by Gasteiger charge is -2.40. The zero-order valence-electron chi connectivity index (χ0n) is 15.5. The Morgan fingerprint density at radius 3 is 2.77 bits per heavy atom. The van der Waals surface area contributed by atoms with Crippen molar-refractivity contribution in [3.05, 3.63) is 35.6 Å². The Bertz CT molecular complexity index is 674. The van der Waals surface area contributed by atoms with E-state index in [0.29, 0.717) is 31.8 Å². The summed E-state index contributed by atoms with van der Waals surface area (Å²) in [5.41, 5.74) is 0.449. The van der Waals surface area contributed by atoms with Gasteiger partial charge in [-0.15, -0.1) is 0 Å². The average Bonchev–Trinajstić information content (AvgIpc) is 3.28. The van der Waals surface area contributed by atoms with Crippen molar-refractivity contribution in [3.63, 3.8) is 0 Å². The molecule has 1 aromatic rings. The predicted octanol–water partition coefficient (Wildman–Crippen LogP) is 2.91. The molecule has 1 aromatic carbocycles. The molecule has 2 bridgehead atoms. The van der Waals surface area contributed by atoms with Crippen molar-refractivity contribution < 1.29 is 13.9 Å². The van der Waals surface area contributed by atoms with Gasteiger partial charge in [0.05, 0.1) is 5.41 Å². The van der Waals surface area contributed by atoms with Gasteiger partial charge in [0, 0.05) is 37.3 Å². The second-order valence-electron chi connectivity index (χ2n) is 8.29. The fourth-order valence-corrected chi connectivity index (χ4v) is 5.37. The van der Waals surface area contributed by atoms with Crippen molar-refractivity contribution >= 4 is 5.91 Å². The first kappa shape index (κ1) is 17.9.